The zero-order chi connectivity index (χ0) is 17.6. The molecule has 0 spiro atoms. The molecule has 8 heteroatoms. The Balaban J connectivity index is 1.96. The molecular weight excluding hydrogens is 322 g/mol. The van der Waals surface area contributed by atoms with E-state index in [1.54, 1.807) is 24.4 Å². The minimum atomic E-state index is -1.01. The molecule has 0 aliphatic heterocycles. The van der Waals surface area contributed by atoms with Gasteiger partial charge in [-0.25, -0.2) is 4.98 Å². The van der Waals surface area contributed by atoms with Crippen molar-refractivity contribution in [3.63, 3.8) is 0 Å². The van der Waals surface area contributed by atoms with Gasteiger partial charge in [0.25, 0.3) is 0 Å². The lowest BCUT2D eigenvalue weighted by Gasteiger charge is -2.06. The van der Waals surface area contributed by atoms with Crippen LogP contribution >= 0.6 is 0 Å². The molecule has 1 saturated carbocycles. The number of carbonyl (C=O) groups is 1. The van der Waals surface area contributed by atoms with Gasteiger partial charge in [0.1, 0.15) is 11.5 Å². The minimum absolute atomic E-state index is 0.273. The van der Waals surface area contributed by atoms with E-state index < -0.39 is 11.4 Å². The van der Waals surface area contributed by atoms with Gasteiger partial charge in [-0.2, -0.15) is 9.78 Å². The highest BCUT2D eigenvalue weighted by molar-refractivity contribution is 5.84. The second kappa shape index (κ2) is 5.27. The molecule has 1 fully saturated rings. The van der Waals surface area contributed by atoms with E-state index in [1.807, 2.05) is 0 Å². The Bertz CT molecular complexity index is 1050. The van der Waals surface area contributed by atoms with Crippen molar-refractivity contribution in [3.05, 3.63) is 42.0 Å². The van der Waals surface area contributed by atoms with Crippen LogP contribution in [0.3, 0.4) is 0 Å². The molecule has 1 aliphatic rings. The summed E-state index contributed by atoms with van der Waals surface area (Å²) in [6, 6.07) is 7.28. The standard InChI is InChI=1S/C17H13N5O3/c1-25-13-3-2-12(11-6-10(7-18)8-19-9-11)14-20-15(21-22(13)14)17(4-5-17)16(23)24/h2-3,6,8-9H,4-5H2,1H3,(H,23,24). The lowest BCUT2D eigenvalue weighted by Crippen LogP contribution is -2.21. The molecule has 1 aliphatic carbocycles. The molecule has 0 unspecified atom stereocenters. The third kappa shape index (κ3) is 2.21. The number of pyridine rings is 2. The lowest BCUT2D eigenvalue weighted by atomic mass is 10.1. The highest BCUT2D eigenvalue weighted by Gasteiger charge is 2.55. The number of rotatable bonds is 4. The van der Waals surface area contributed by atoms with Crippen molar-refractivity contribution in [2.45, 2.75) is 18.3 Å². The summed E-state index contributed by atoms with van der Waals surface area (Å²) < 4.78 is 6.81. The molecule has 3 aromatic rings. The molecular formula is C17H13N5O3. The van der Waals surface area contributed by atoms with Crippen LogP contribution in [0.4, 0.5) is 0 Å². The number of hydrogen-bond donors (Lipinski definition) is 1. The van der Waals surface area contributed by atoms with Gasteiger partial charge in [0.05, 0.1) is 12.7 Å². The van der Waals surface area contributed by atoms with Crippen molar-refractivity contribution in [2.24, 2.45) is 0 Å². The average molecular weight is 335 g/mol. The summed E-state index contributed by atoms with van der Waals surface area (Å²) in [6.07, 6.45) is 4.13. The zero-order valence-corrected chi connectivity index (χ0v) is 13.3. The molecule has 8 nitrogen and oxygen atoms in total. The third-order valence-electron chi connectivity index (χ3n) is 4.42. The van der Waals surface area contributed by atoms with Gasteiger partial charge in [-0.3, -0.25) is 9.78 Å². The maximum atomic E-state index is 11.6. The van der Waals surface area contributed by atoms with Crippen molar-refractivity contribution in [2.75, 3.05) is 7.11 Å². The fourth-order valence-electron chi connectivity index (χ4n) is 2.83. The summed E-state index contributed by atoms with van der Waals surface area (Å²) in [5, 5.41) is 23.0. The van der Waals surface area contributed by atoms with Crippen LogP contribution in [0.2, 0.25) is 0 Å². The predicted molar refractivity (Wildman–Crippen MR) is 86.0 cm³/mol. The summed E-state index contributed by atoms with van der Waals surface area (Å²) in [7, 11) is 1.51. The summed E-state index contributed by atoms with van der Waals surface area (Å²) in [5.41, 5.74) is 1.28. The van der Waals surface area contributed by atoms with Crippen molar-refractivity contribution < 1.29 is 14.6 Å². The molecule has 1 N–H and O–H groups in total. The number of aromatic nitrogens is 4. The Morgan fingerprint density at radius 2 is 2.20 bits per heavy atom. The molecule has 0 atom stereocenters. The van der Waals surface area contributed by atoms with Crippen molar-refractivity contribution in [1.29, 1.82) is 5.26 Å². The Morgan fingerprint density at radius 3 is 2.84 bits per heavy atom. The van der Waals surface area contributed by atoms with E-state index in [0.717, 1.165) is 0 Å². The highest BCUT2D eigenvalue weighted by atomic mass is 16.5. The number of hydrogen-bond acceptors (Lipinski definition) is 6. The number of nitriles is 1. The smallest absolute Gasteiger partial charge is 0.317 e. The fraction of sp³-hybridized carbons (Fsp3) is 0.235. The highest BCUT2D eigenvalue weighted by Crippen LogP contribution is 2.47. The molecule has 4 rings (SSSR count). The molecule has 124 valence electrons. The Hall–Kier alpha value is -3.47. The second-order valence-corrected chi connectivity index (χ2v) is 5.92. The average Bonchev–Trinajstić information content (AvgIpc) is 3.33. The zero-order valence-electron chi connectivity index (χ0n) is 13.3. The van der Waals surface area contributed by atoms with E-state index in [-0.39, 0.29) is 5.82 Å². The largest absolute Gasteiger partial charge is 0.481 e. The Kier molecular flexibility index (Phi) is 3.18. The van der Waals surface area contributed by atoms with E-state index in [0.29, 0.717) is 41.1 Å². The normalized spacial score (nSPS) is 14.9. The first-order valence-corrected chi connectivity index (χ1v) is 7.62. The monoisotopic (exact) mass is 335 g/mol. The first kappa shape index (κ1) is 15.1. The Morgan fingerprint density at radius 1 is 1.40 bits per heavy atom. The number of carboxylic acid groups (broad SMARTS) is 1. The number of carboxylic acids is 1. The summed E-state index contributed by atoms with van der Waals surface area (Å²) in [4.78, 5) is 20.1. The van der Waals surface area contributed by atoms with E-state index in [4.69, 9.17) is 10.00 Å². The number of aliphatic carboxylic acids is 1. The molecule has 0 saturated heterocycles. The van der Waals surface area contributed by atoms with Gasteiger partial charge in [-0.15, -0.1) is 5.10 Å². The van der Waals surface area contributed by atoms with Gasteiger partial charge >= 0.3 is 5.97 Å². The van der Waals surface area contributed by atoms with Gasteiger partial charge in [0.15, 0.2) is 11.5 Å². The van der Waals surface area contributed by atoms with Crippen LogP contribution in [-0.2, 0) is 10.2 Å². The first-order valence-electron chi connectivity index (χ1n) is 7.62. The molecule has 0 amide bonds. The lowest BCUT2D eigenvalue weighted by molar-refractivity contribution is -0.140. The van der Waals surface area contributed by atoms with Crippen LogP contribution in [0.5, 0.6) is 5.88 Å². The number of nitrogens with zero attached hydrogens (tertiary/aromatic N) is 5. The number of fused-ring (bicyclic) bond motifs is 1. The van der Waals surface area contributed by atoms with Gasteiger partial charge < -0.3 is 9.84 Å². The van der Waals surface area contributed by atoms with Crippen molar-refractivity contribution in [1.82, 2.24) is 19.6 Å². The maximum absolute atomic E-state index is 11.6. The molecule has 25 heavy (non-hydrogen) atoms. The van der Waals surface area contributed by atoms with Gasteiger partial charge in [-0.1, -0.05) is 0 Å². The molecule has 3 aromatic heterocycles. The van der Waals surface area contributed by atoms with Crippen molar-refractivity contribution >= 4 is 11.6 Å². The molecule has 0 aromatic carbocycles. The van der Waals surface area contributed by atoms with Crippen LogP contribution in [0.15, 0.2) is 30.6 Å². The summed E-state index contributed by atoms with van der Waals surface area (Å²) in [5.74, 6) is -0.199. The summed E-state index contributed by atoms with van der Waals surface area (Å²) >= 11 is 0. The predicted octanol–water partition coefficient (Wildman–Crippen LogP) is 1.79. The van der Waals surface area contributed by atoms with Crippen LogP contribution < -0.4 is 4.74 Å². The SMILES string of the molecule is COc1ccc(-c2cncc(C#N)c2)c2nc(C3(C(=O)O)CC3)nn12. The third-order valence-corrected chi connectivity index (χ3v) is 4.42. The van der Waals surface area contributed by atoms with E-state index >= 15 is 0 Å². The topological polar surface area (TPSA) is 113 Å². The van der Waals surface area contributed by atoms with E-state index in [2.05, 4.69) is 21.1 Å². The molecule has 3 heterocycles. The van der Waals surface area contributed by atoms with Gasteiger partial charge in [-0.05, 0) is 25.0 Å². The number of methoxy groups -OCH3 is 1. The second-order valence-electron chi connectivity index (χ2n) is 5.92. The van der Waals surface area contributed by atoms with Gasteiger partial charge in [0.2, 0.25) is 5.88 Å². The van der Waals surface area contributed by atoms with E-state index in [1.165, 1.54) is 17.8 Å². The molecule has 0 radical (unpaired) electrons. The van der Waals surface area contributed by atoms with Crippen molar-refractivity contribution in [3.8, 4) is 23.1 Å². The van der Waals surface area contributed by atoms with E-state index in [9.17, 15) is 9.90 Å². The van der Waals surface area contributed by atoms with Crippen LogP contribution in [0, 0.1) is 11.3 Å². The van der Waals surface area contributed by atoms with Gasteiger partial charge in [0, 0.05) is 29.6 Å². The fourth-order valence-corrected chi connectivity index (χ4v) is 2.83. The first-order chi connectivity index (χ1) is 12.1. The van der Waals surface area contributed by atoms with Crippen LogP contribution in [0.25, 0.3) is 16.8 Å². The number of ether oxygens (including phenoxy) is 1. The minimum Gasteiger partial charge on any atom is -0.481 e. The molecule has 0 bridgehead atoms. The Labute approximate surface area is 142 Å². The van der Waals surface area contributed by atoms with Crippen LogP contribution in [-0.4, -0.2) is 37.8 Å². The summed E-state index contributed by atoms with van der Waals surface area (Å²) in [6.45, 7) is 0. The quantitative estimate of drug-likeness (QED) is 0.773. The van der Waals surface area contributed by atoms with Crippen LogP contribution in [0.1, 0.15) is 24.2 Å². The maximum Gasteiger partial charge on any atom is 0.317 e.